The van der Waals surface area contributed by atoms with Crippen LogP contribution >= 0.6 is 0 Å². The van der Waals surface area contributed by atoms with Gasteiger partial charge in [-0.3, -0.25) is 0 Å². The Bertz CT molecular complexity index is 290. The summed E-state index contributed by atoms with van der Waals surface area (Å²) < 4.78 is 5.12. The molecule has 3 nitrogen and oxygen atoms in total. The van der Waals surface area contributed by atoms with E-state index < -0.39 is 0 Å². The Morgan fingerprint density at radius 2 is 2.50 bits per heavy atom. The first kappa shape index (κ1) is 9.46. The monoisotopic (exact) mass is 192 g/mol. The Morgan fingerprint density at radius 3 is 3.21 bits per heavy atom. The van der Waals surface area contributed by atoms with E-state index in [0.717, 1.165) is 18.8 Å². The third kappa shape index (κ3) is 2.70. The van der Waals surface area contributed by atoms with Crippen LogP contribution in [0.15, 0.2) is 28.7 Å². The highest BCUT2D eigenvalue weighted by Gasteiger charge is 2.03. The number of hydrogen-bond acceptors (Lipinski definition) is 3. The maximum absolute atomic E-state index is 5.12. The second-order valence-electron chi connectivity index (χ2n) is 3.65. The molecule has 1 aromatic rings. The Balaban J connectivity index is 1.59. The van der Waals surface area contributed by atoms with Gasteiger partial charge in [0.1, 0.15) is 5.76 Å². The molecular weight excluding hydrogens is 176 g/mol. The normalized spacial score (nSPS) is 15.9. The molecule has 0 radical (unpaired) electrons. The Kier molecular flexibility index (Phi) is 3.35. The summed E-state index contributed by atoms with van der Waals surface area (Å²) in [5.74, 6) is 0.908. The lowest BCUT2D eigenvalue weighted by Gasteiger charge is -2.02. The van der Waals surface area contributed by atoms with E-state index in [-0.39, 0.29) is 0 Å². The van der Waals surface area contributed by atoms with E-state index >= 15 is 0 Å². The molecule has 14 heavy (non-hydrogen) atoms. The minimum absolute atomic E-state index is 0.785. The SMILES string of the molecule is C1=C(CCNCc2cnco2)CCC1. The van der Waals surface area contributed by atoms with E-state index in [9.17, 15) is 0 Å². The van der Waals surface area contributed by atoms with Gasteiger partial charge in [-0.2, -0.15) is 0 Å². The van der Waals surface area contributed by atoms with Crippen LogP contribution in [0.1, 0.15) is 31.4 Å². The van der Waals surface area contributed by atoms with Crippen LogP contribution in [0.2, 0.25) is 0 Å². The average molecular weight is 192 g/mol. The molecule has 0 saturated carbocycles. The topological polar surface area (TPSA) is 38.1 Å². The van der Waals surface area contributed by atoms with Gasteiger partial charge in [0, 0.05) is 0 Å². The van der Waals surface area contributed by atoms with Crippen molar-refractivity contribution in [2.24, 2.45) is 0 Å². The molecule has 2 rings (SSSR count). The van der Waals surface area contributed by atoms with Crippen molar-refractivity contribution in [3.8, 4) is 0 Å². The van der Waals surface area contributed by atoms with Gasteiger partial charge in [-0.05, 0) is 32.2 Å². The molecule has 0 spiro atoms. The highest BCUT2D eigenvalue weighted by Crippen LogP contribution is 2.19. The van der Waals surface area contributed by atoms with Gasteiger partial charge in [0.15, 0.2) is 6.39 Å². The minimum Gasteiger partial charge on any atom is -0.447 e. The van der Waals surface area contributed by atoms with Gasteiger partial charge in [0.25, 0.3) is 0 Å². The molecule has 0 fully saturated rings. The van der Waals surface area contributed by atoms with Gasteiger partial charge >= 0.3 is 0 Å². The van der Waals surface area contributed by atoms with Crippen molar-refractivity contribution in [1.29, 1.82) is 0 Å². The fourth-order valence-electron chi connectivity index (χ4n) is 1.75. The summed E-state index contributed by atoms with van der Waals surface area (Å²) in [7, 11) is 0. The molecule has 0 amide bonds. The standard InChI is InChI=1S/C11H16N2O/c1-2-4-10(3-1)5-6-12-7-11-8-13-9-14-11/h3,8-9,12H,1-2,4-7H2. The van der Waals surface area contributed by atoms with Crippen LogP contribution in [-0.2, 0) is 6.54 Å². The molecule has 3 heteroatoms. The predicted octanol–water partition coefficient (Wildman–Crippen LogP) is 2.26. The van der Waals surface area contributed by atoms with Crippen LogP contribution in [0.5, 0.6) is 0 Å². The second kappa shape index (κ2) is 4.96. The van der Waals surface area contributed by atoms with Crippen molar-refractivity contribution in [3.05, 3.63) is 30.0 Å². The molecule has 76 valence electrons. The Hall–Kier alpha value is -1.09. The van der Waals surface area contributed by atoms with Crippen LogP contribution in [-0.4, -0.2) is 11.5 Å². The lowest BCUT2D eigenvalue weighted by molar-refractivity contribution is 0.479. The molecule has 0 unspecified atom stereocenters. The summed E-state index contributed by atoms with van der Waals surface area (Å²) in [5, 5.41) is 3.34. The molecule has 0 atom stereocenters. The molecule has 1 aromatic heterocycles. The third-order valence-electron chi connectivity index (χ3n) is 2.54. The van der Waals surface area contributed by atoms with Gasteiger partial charge in [-0.25, -0.2) is 4.98 Å². The molecule has 1 aliphatic carbocycles. The Labute approximate surface area is 84.2 Å². The fraction of sp³-hybridized carbons (Fsp3) is 0.545. The first-order chi connectivity index (χ1) is 6.95. The summed E-state index contributed by atoms with van der Waals surface area (Å²) in [6.45, 7) is 1.82. The van der Waals surface area contributed by atoms with Gasteiger partial charge in [0.05, 0.1) is 12.7 Å². The van der Waals surface area contributed by atoms with E-state index in [1.165, 1.54) is 32.1 Å². The molecule has 0 saturated heterocycles. The van der Waals surface area contributed by atoms with E-state index in [0.29, 0.717) is 0 Å². The van der Waals surface area contributed by atoms with Crippen molar-refractivity contribution in [2.45, 2.75) is 32.2 Å². The summed E-state index contributed by atoms with van der Waals surface area (Å²) >= 11 is 0. The number of nitrogens with zero attached hydrogens (tertiary/aromatic N) is 1. The maximum Gasteiger partial charge on any atom is 0.180 e. The Morgan fingerprint density at radius 1 is 1.50 bits per heavy atom. The zero-order chi connectivity index (χ0) is 9.64. The van der Waals surface area contributed by atoms with Crippen LogP contribution in [0.3, 0.4) is 0 Å². The minimum atomic E-state index is 0.785. The summed E-state index contributed by atoms with van der Waals surface area (Å²) in [6.07, 6.45) is 10.7. The van der Waals surface area contributed by atoms with Crippen LogP contribution in [0.25, 0.3) is 0 Å². The predicted molar refractivity (Wildman–Crippen MR) is 54.8 cm³/mol. The number of nitrogens with one attached hydrogen (secondary N) is 1. The molecule has 1 N–H and O–H groups in total. The molecule has 1 aliphatic rings. The zero-order valence-corrected chi connectivity index (χ0v) is 8.33. The lowest BCUT2D eigenvalue weighted by Crippen LogP contribution is -2.14. The molecule has 0 aliphatic heterocycles. The van der Waals surface area contributed by atoms with Crippen LogP contribution < -0.4 is 5.32 Å². The maximum atomic E-state index is 5.12. The van der Waals surface area contributed by atoms with Crippen molar-refractivity contribution in [1.82, 2.24) is 10.3 Å². The zero-order valence-electron chi connectivity index (χ0n) is 8.33. The van der Waals surface area contributed by atoms with Gasteiger partial charge in [-0.15, -0.1) is 0 Å². The number of allylic oxidation sites excluding steroid dienone is 1. The van der Waals surface area contributed by atoms with E-state index in [4.69, 9.17) is 4.42 Å². The second-order valence-corrected chi connectivity index (χ2v) is 3.65. The molecular formula is C11H16N2O. The van der Waals surface area contributed by atoms with E-state index in [1.807, 2.05) is 0 Å². The fourth-order valence-corrected chi connectivity index (χ4v) is 1.75. The summed E-state index contributed by atoms with van der Waals surface area (Å²) in [4.78, 5) is 3.86. The number of hydrogen-bond donors (Lipinski definition) is 1. The van der Waals surface area contributed by atoms with E-state index in [1.54, 1.807) is 11.8 Å². The molecule has 1 heterocycles. The van der Waals surface area contributed by atoms with Gasteiger partial charge in [-0.1, -0.05) is 11.6 Å². The highest BCUT2D eigenvalue weighted by molar-refractivity contribution is 5.07. The first-order valence-electron chi connectivity index (χ1n) is 5.21. The third-order valence-corrected chi connectivity index (χ3v) is 2.54. The molecule has 0 aromatic carbocycles. The first-order valence-corrected chi connectivity index (χ1v) is 5.21. The van der Waals surface area contributed by atoms with Crippen LogP contribution in [0, 0.1) is 0 Å². The van der Waals surface area contributed by atoms with Crippen molar-refractivity contribution < 1.29 is 4.42 Å². The van der Waals surface area contributed by atoms with Crippen LogP contribution in [0.4, 0.5) is 0 Å². The van der Waals surface area contributed by atoms with Crippen molar-refractivity contribution in [2.75, 3.05) is 6.54 Å². The quantitative estimate of drug-likeness (QED) is 0.574. The highest BCUT2D eigenvalue weighted by atomic mass is 16.3. The van der Waals surface area contributed by atoms with Crippen molar-refractivity contribution in [3.63, 3.8) is 0 Å². The largest absolute Gasteiger partial charge is 0.447 e. The summed E-state index contributed by atoms with van der Waals surface area (Å²) in [5.41, 5.74) is 1.61. The van der Waals surface area contributed by atoms with Gasteiger partial charge in [0.2, 0.25) is 0 Å². The average Bonchev–Trinajstić information content (AvgIpc) is 2.86. The number of aromatic nitrogens is 1. The smallest absolute Gasteiger partial charge is 0.180 e. The van der Waals surface area contributed by atoms with Crippen molar-refractivity contribution >= 4 is 0 Å². The number of oxazole rings is 1. The summed E-state index contributed by atoms with van der Waals surface area (Å²) in [6, 6.07) is 0. The van der Waals surface area contributed by atoms with Gasteiger partial charge < -0.3 is 9.73 Å². The molecule has 0 bridgehead atoms. The van der Waals surface area contributed by atoms with E-state index in [2.05, 4.69) is 16.4 Å². The number of rotatable bonds is 5. The lowest BCUT2D eigenvalue weighted by atomic mass is 10.2.